The number of halogens is 1. The van der Waals surface area contributed by atoms with Crippen LogP contribution in [-0.4, -0.2) is 20.9 Å². The van der Waals surface area contributed by atoms with Crippen molar-refractivity contribution < 1.29 is 17.6 Å². The van der Waals surface area contributed by atoms with E-state index >= 15 is 0 Å². The largest absolute Gasteiger partial charge is 0.467 e. The third-order valence-electron chi connectivity index (χ3n) is 4.05. The van der Waals surface area contributed by atoms with Crippen molar-refractivity contribution in [2.24, 2.45) is 0 Å². The smallest absolute Gasteiger partial charge is 0.264 e. The van der Waals surface area contributed by atoms with E-state index in [4.69, 9.17) is 4.42 Å². The first kappa shape index (κ1) is 20.2. The number of carbonyl (C=O) groups excluding carboxylic acids is 1. The first-order valence-electron chi connectivity index (χ1n) is 8.50. The number of carbonyl (C=O) groups is 1. The summed E-state index contributed by atoms with van der Waals surface area (Å²) in [7, 11) is -3.92. The molecule has 0 saturated carbocycles. The van der Waals surface area contributed by atoms with Crippen molar-refractivity contribution >= 4 is 37.5 Å². The van der Waals surface area contributed by atoms with Gasteiger partial charge in [-0.05, 0) is 55.5 Å². The molecule has 1 N–H and O–H groups in total. The molecule has 0 bridgehead atoms. The van der Waals surface area contributed by atoms with E-state index in [-0.39, 0.29) is 18.0 Å². The number of furan rings is 1. The Hall–Kier alpha value is -2.58. The van der Waals surface area contributed by atoms with Gasteiger partial charge < -0.3 is 9.73 Å². The zero-order valence-electron chi connectivity index (χ0n) is 15.1. The Morgan fingerprint density at radius 2 is 1.75 bits per heavy atom. The summed E-state index contributed by atoms with van der Waals surface area (Å²) in [5.74, 6) is 0.153. The Balaban J connectivity index is 1.87. The molecule has 0 aliphatic carbocycles. The fourth-order valence-electron chi connectivity index (χ4n) is 2.55. The molecule has 0 spiro atoms. The number of rotatable bonds is 7. The molecular weight excluding hydrogens is 444 g/mol. The van der Waals surface area contributed by atoms with Gasteiger partial charge in [0, 0.05) is 4.47 Å². The molecule has 0 fully saturated rings. The zero-order chi connectivity index (χ0) is 20.1. The van der Waals surface area contributed by atoms with Crippen LogP contribution in [0.25, 0.3) is 0 Å². The molecular formula is C20H19BrN2O4S. The molecule has 146 valence electrons. The van der Waals surface area contributed by atoms with Crippen LogP contribution < -0.4 is 9.62 Å². The monoisotopic (exact) mass is 462 g/mol. The van der Waals surface area contributed by atoms with Gasteiger partial charge in [0.15, 0.2) is 0 Å². The van der Waals surface area contributed by atoms with Gasteiger partial charge in [-0.1, -0.05) is 33.6 Å². The normalized spacial score (nSPS) is 11.2. The van der Waals surface area contributed by atoms with Crippen LogP contribution in [0.2, 0.25) is 0 Å². The van der Waals surface area contributed by atoms with E-state index in [2.05, 4.69) is 21.2 Å². The summed E-state index contributed by atoms with van der Waals surface area (Å²) in [6, 6.07) is 16.7. The minimum absolute atomic E-state index is 0.125. The summed E-state index contributed by atoms with van der Waals surface area (Å²) >= 11 is 3.34. The first-order valence-corrected chi connectivity index (χ1v) is 10.7. The van der Waals surface area contributed by atoms with E-state index in [1.54, 1.807) is 48.5 Å². The molecule has 0 aliphatic rings. The quantitative estimate of drug-likeness (QED) is 0.577. The zero-order valence-corrected chi connectivity index (χ0v) is 17.5. The Bertz CT molecular complexity index is 1030. The van der Waals surface area contributed by atoms with Gasteiger partial charge in [-0.3, -0.25) is 9.10 Å². The Kier molecular flexibility index (Phi) is 6.21. The highest BCUT2D eigenvalue weighted by Gasteiger charge is 2.27. The van der Waals surface area contributed by atoms with E-state index < -0.39 is 15.9 Å². The molecule has 1 aromatic heterocycles. The van der Waals surface area contributed by atoms with Gasteiger partial charge in [0.1, 0.15) is 12.3 Å². The molecule has 3 aromatic rings. The maximum atomic E-state index is 13.2. The van der Waals surface area contributed by atoms with Crippen LogP contribution in [0.5, 0.6) is 0 Å². The molecule has 2 aromatic carbocycles. The van der Waals surface area contributed by atoms with Crippen molar-refractivity contribution in [3.8, 4) is 0 Å². The molecule has 0 atom stereocenters. The lowest BCUT2D eigenvalue weighted by Gasteiger charge is -2.24. The van der Waals surface area contributed by atoms with Crippen molar-refractivity contribution in [3.63, 3.8) is 0 Å². The number of nitrogens with zero attached hydrogens (tertiary/aromatic N) is 1. The summed E-state index contributed by atoms with van der Waals surface area (Å²) < 4.78 is 33.5. The van der Waals surface area contributed by atoms with Crippen molar-refractivity contribution in [1.29, 1.82) is 0 Å². The predicted octanol–water partition coefficient (Wildman–Crippen LogP) is 3.86. The van der Waals surface area contributed by atoms with E-state index in [9.17, 15) is 13.2 Å². The number of nitrogens with one attached hydrogen (secondary N) is 1. The fourth-order valence-corrected chi connectivity index (χ4v) is 4.23. The number of anilines is 1. The molecule has 0 saturated heterocycles. The lowest BCUT2D eigenvalue weighted by Crippen LogP contribution is -2.40. The van der Waals surface area contributed by atoms with Crippen LogP contribution in [0.1, 0.15) is 11.3 Å². The average Bonchev–Trinajstić information content (AvgIpc) is 3.19. The molecule has 28 heavy (non-hydrogen) atoms. The van der Waals surface area contributed by atoms with Crippen LogP contribution in [0.15, 0.2) is 80.7 Å². The molecule has 1 heterocycles. The minimum atomic E-state index is -3.92. The molecule has 3 rings (SSSR count). The number of benzene rings is 2. The minimum Gasteiger partial charge on any atom is -0.467 e. The van der Waals surface area contributed by atoms with Crippen molar-refractivity contribution in [2.45, 2.75) is 18.4 Å². The van der Waals surface area contributed by atoms with E-state index in [1.165, 1.54) is 18.4 Å². The standard InChI is InChI=1S/C20H19BrN2O4S/c1-15-4-10-19(11-5-15)28(25,26)23(17-8-6-16(21)7-9-17)14-20(24)22-13-18-3-2-12-27-18/h2-12H,13-14H2,1H3,(H,22,24). The van der Waals surface area contributed by atoms with Gasteiger partial charge in [0.2, 0.25) is 5.91 Å². The highest BCUT2D eigenvalue weighted by atomic mass is 79.9. The molecule has 0 radical (unpaired) electrons. The van der Waals surface area contributed by atoms with Crippen LogP contribution in [0, 0.1) is 6.92 Å². The number of hydrogen-bond acceptors (Lipinski definition) is 4. The van der Waals surface area contributed by atoms with Crippen molar-refractivity contribution in [2.75, 3.05) is 10.8 Å². The van der Waals surface area contributed by atoms with Gasteiger partial charge >= 0.3 is 0 Å². The number of sulfonamides is 1. The Morgan fingerprint density at radius 3 is 2.36 bits per heavy atom. The lowest BCUT2D eigenvalue weighted by atomic mass is 10.2. The first-order chi connectivity index (χ1) is 13.4. The second-order valence-electron chi connectivity index (χ2n) is 6.16. The molecule has 0 aliphatic heterocycles. The second-order valence-corrected chi connectivity index (χ2v) is 8.94. The SMILES string of the molecule is Cc1ccc(S(=O)(=O)N(CC(=O)NCc2ccco2)c2ccc(Br)cc2)cc1. The molecule has 1 amide bonds. The third-order valence-corrected chi connectivity index (χ3v) is 6.37. The maximum absolute atomic E-state index is 13.2. The number of hydrogen-bond donors (Lipinski definition) is 1. The summed E-state index contributed by atoms with van der Waals surface area (Å²) in [5, 5.41) is 2.68. The highest BCUT2D eigenvalue weighted by molar-refractivity contribution is 9.10. The van der Waals surface area contributed by atoms with Crippen LogP contribution >= 0.6 is 15.9 Å². The topological polar surface area (TPSA) is 79.6 Å². The number of aryl methyl sites for hydroxylation is 1. The van der Waals surface area contributed by atoms with Crippen LogP contribution in [0.4, 0.5) is 5.69 Å². The molecule has 0 unspecified atom stereocenters. The van der Waals surface area contributed by atoms with Crippen molar-refractivity contribution in [1.82, 2.24) is 5.32 Å². The second kappa shape index (κ2) is 8.62. The van der Waals surface area contributed by atoms with E-state index in [1.807, 2.05) is 6.92 Å². The van der Waals surface area contributed by atoms with Gasteiger partial charge in [-0.2, -0.15) is 0 Å². The average molecular weight is 463 g/mol. The summed E-state index contributed by atoms with van der Waals surface area (Å²) in [5.41, 5.74) is 1.35. The van der Waals surface area contributed by atoms with Crippen molar-refractivity contribution in [3.05, 3.63) is 82.7 Å². The predicted molar refractivity (Wildman–Crippen MR) is 110 cm³/mol. The van der Waals surface area contributed by atoms with Crippen LogP contribution in [-0.2, 0) is 21.4 Å². The maximum Gasteiger partial charge on any atom is 0.264 e. The fraction of sp³-hybridized carbons (Fsp3) is 0.150. The van der Waals surface area contributed by atoms with E-state index in [0.29, 0.717) is 11.4 Å². The lowest BCUT2D eigenvalue weighted by molar-refractivity contribution is -0.119. The third kappa shape index (κ3) is 4.82. The summed E-state index contributed by atoms with van der Waals surface area (Å²) in [6.07, 6.45) is 1.51. The van der Waals surface area contributed by atoms with Gasteiger partial charge in [0.05, 0.1) is 23.4 Å². The molecule has 8 heteroatoms. The van der Waals surface area contributed by atoms with Gasteiger partial charge in [-0.25, -0.2) is 8.42 Å². The highest BCUT2D eigenvalue weighted by Crippen LogP contribution is 2.25. The summed E-state index contributed by atoms with van der Waals surface area (Å²) in [6.45, 7) is 1.72. The summed E-state index contributed by atoms with van der Waals surface area (Å²) in [4.78, 5) is 12.6. The van der Waals surface area contributed by atoms with Gasteiger partial charge in [-0.15, -0.1) is 0 Å². The van der Waals surface area contributed by atoms with E-state index in [0.717, 1.165) is 14.3 Å². The molecule has 6 nitrogen and oxygen atoms in total. The Labute approximate surface area is 172 Å². The number of amides is 1. The van der Waals surface area contributed by atoms with Crippen LogP contribution in [0.3, 0.4) is 0 Å². The van der Waals surface area contributed by atoms with Gasteiger partial charge in [0.25, 0.3) is 10.0 Å². The Morgan fingerprint density at radius 1 is 1.07 bits per heavy atom.